The van der Waals surface area contributed by atoms with Crippen molar-refractivity contribution < 1.29 is 9.90 Å². The third kappa shape index (κ3) is 3.15. The Hall–Kier alpha value is -1.95. The van der Waals surface area contributed by atoms with Gasteiger partial charge >= 0.3 is 6.09 Å². The molecular weight excluding hydrogens is 322 g/mol. The molecular formula is C18H23N3O2S. The number of hydrogen-bond donors (Lipinski definition) is 1. The zero-order chi connectivity index (χ0) is 17.5. The van der Waals surface area contributed by atoms with Crippen molar-refractivity contribution in [3.05, 3.63) is 33.9 Å². The summed E-state index contributed by atoms with van der Waals surface area (Å²) in [6.07, 6.45) is 8.47. The average molecular weight is 345 g/mol. The van der Waals surface area contributed by atoms with Crippen molar-refractivity contribution in [2.75, 3.05) is 6.67 Å². The van der Waals surface area contributed by atoms with Gasteiger partial charge in [0.2, 0.25) is 0 Å². The molecule has 0 atom stereocenters. The van der Waals surface area contributed by atoms with Gasteiger partial charge in [0, 0.05) is 21.9 Å². The summed E-state index contributed by atoms with van der Waals surface area (Å²) < 4.78 is 0. The number of carbonyl (C=O) groups is 1. The number of fused-ring (bicyclic) bond motifs is 1. The fraction of sp³-hybridized carbons (Fsp3) is 0.500. The van der Waals surface area contributed by atoms with Gasteiger partial charge in [-0.25, -0.2) is 9.78 Å². The Morgan fingerprint density at radius 1 is 1.25 bits per heavy atom. The molecule has 24 heavy (non-hydrogen) atoms. The zero-order valence-corrected chi connectivity index (χ0v) is 15.4. The van der Waals surface area contributed by atoms with Crippen LogP contribution in [-0.4, -0.2) is 33.5 Å². The van der Waals surface area contributed by atoms with E-state index in [1.165, 1.54) is 23.2 Å². The van der Waals surface area contributed by atoms with Crippen LogP contribution >= 0.6 is 11.3 Å². The number of thiazole rings is 1. The Bertz CT molecular complexity index is 723. The highest BCUT2D eigenvalue weighted by Crippen LogP contribution is 2.48. The maximum absolute atomic E-state index is 10.9. The van der Waals surface area contributed by atoms with Crippen molar-refractivity contribution in [2.24, 2.45) is 4.99 Å². The molecule has 0 saturated heterocycles. The van der Waals surface area contributed by atoms with Crippen molar-refractivity contribution in [1.29, 1.82) is 0 Å². The Morgan fingerprint density at radius 2 is 1.96 bits per heavy atom. The Balaban J connectivity index is 1.82. The van der Waals surface area contributed by atoms with Crippen LogP contribution in [0.4, 0.5) is 4.79 Å². The molecule has 1 amide bonds. The van der Waals surface area contributed by atoms with Crippen LogP contribution in [0.5, 0.6) is 0 Å². The predicted octanol–water partition coefficient (Wildman–Crippen LogP) is 4.41. The number of aromatic nitrogens is 1. The summed E-state index contributed by atoms with van der Waals surface area (Å²) in [6, 6.07) is 0. The lowest BCUT2D eigenvalue weighted by molar-refractivity contribution is 0.163. The molecule has 6 heteroatoms. The molecule has 1 aliphatic heterocycles. The van der Waals surface area contributed by atoms with Crippen LogP contribution in [0.1, 0.15) is 56.1 Å². The fourth-order valence-electron chi connectivity index (χ4n) is 3.00. The molecule has 1 N–H and O–H groups in total. The number of rotatable bonds is 2. The van der Waals surface area contributed by atoms with Crippen LogP contribution in [0, 0.1) is 0 Å². The summed E-state index contributed by atoms with van der Waals surface area (Å²) in [5.74, 6) is 0. The van der Waals surface area contributed by atoms with E-state index >= 15 is 0 Å². The van der Waals surface area contributed by atoms with E-state index in [2.05, 4.69) is 32.7 Å². The van der Waals surface area contributed by atoms with E-state index in [0.717, 1.165) is 22.0 Å². The molecule has 1 aliphatic carbocycles. The fourth-order valence-corrected chi connectivity index (χ4v) is 4.27. The van der Waals surface area contributed by atoms with E-state index in [1.807, 2.05) is 12.2 Å². The first-order valence-electron chi connectivity index (χ1n) is 8.11. The summed E-state index contributed by atoms with van der Waals surface area (Å²) in [7, 11) is 0. The highest BCUT2D eigenvalue weighted by atomic mass is 32.1. The molecule has 0 bridgehead atoms. The van der Waals surface area contributed by atoms with Crippen molar-refractivity contribution >= 4 is 29.2 Å². The maximum Gasteiger partial charge on any atom is 0.412 e. The van der Waals surface area contributed by atoms with Gasteiger partial charge in [0.15, 0.2) is 0 Å². The molecule has 3 rings (SSSR count). The van der Waals surface area contributed by atoms with Crippen molar-refractivity contribution in [3.8, 4) is 0 Å². The van der Waals surface area contributed by atoms with Crippen LogP contribution in [0.15, 0.2) is 23.3 Å². The first-order valence-corrected chi connectivity index (χ1v) is 8.93. The number of aliphatic imine (C=N–C) groups is 1. The molecule has 0 fully saturated rings. The number of carboxylic acid groups (broad SMARTS) is 1. The van der Waals surface area contributed by atoms with Gasteiger partial charge < -0.3 is 5.11 Å². The second kappa shape index (κ2) is 5.84. The Morgan fingerprint density at radius 3 is 2.54 bits per heavy atom. The predicted molar refractivity (Wildman–Crippen MR) is 97.7 cm³/mol. The van der Waals surface area contributed by atoms with E-state index in [1.54, 1.807) is 17.4 Å². The third-order valence-corrected chi connectivity index (χ3v) is 6.13. The van der Waals surface area contributed by atoms with Crippen LogP contribution < -0.4 is 0 Å². The molecule has 0 radical (unpaired) electrons. The van der Waals surface area contributed by atoms with Gasteiger partial charge in [0.25, 0.3) is 0 Å². The highest BCUT2D eigenvalue weighted by Gasteiger charge is 2.40. The van der Waals surface area contributed by atoms with Gasteiger partial charge in [-0.3, -0.25) is 9.89 Å². The van der Waals surface area contributed by atoms with Crippen molar-refractivity contribution in [1.82, 2.24) is 9.88 Å². The maximum atomic E-state index is 10.9. The van der Waals surface area contributed by atoms with Gasteiger partial charge in [-0.1, -0.05) is 27.7 Å². The minimum atomic E-state index is -0.991. The standard InChI is InChI=1S/C18H23N3O2S/c1-17(2)8-9-18(3,4)15-14(17)20-13(24-15)6-5-12-7-10-21(11-19-12)16(22)23/h5-7,10H,8-9,11H2,1-4H3,(H,22,23)/b6-5+. The van der Waals surface area contributed by atoms with Crippen LogP contribution in [-0.2, 0) is 10.8 Å². The number of allylic oxidation sites excluding steroid dienone is 2. The number of nitrogens with zero attached hydrogens (tertiary/aromatic N) is 3. The molecule has 5 nitrogen and oxygen atoms in total. The minimum absolute atomic E-state index is 0.123. The zero-order valence-electron chi connectivity index (χ0n) is 14.5. The van der Waals surface area contributed by atoms with E-state index in [0.29, 0.717) is 0 Å². The molecule has 0 aromatic carbocycles. The smallest absolute Gasteiger partial charge is 0.412 e. The van der Waals surface area contributed by atoms with Gasteiger partial charge in [-0.05, 0) is 31.1 Å². The molecule has 1 aromatic heterocycles. The molecule has 0 unspecified atom stereocenters. The SMILES string of the molecule is CC1(C)CCC(C)(C)c2sc(/C=C/C3=NCN(C(=O)O)C=C3)nc21. The summed E-state index contributed by atoms with van der Waals surface area (Å²) in [4.78, 5) is 22.5. The average Bonchev–Trinajstić information content (AvgIpc) is 2.97. The second-order valence-electron chi connectivity index (χ2n) is 7.62. The Kier molecular flexibility index (Phi) is 4.11. The summed E-state index contributed by atoms with van der Waals surface area (Å²) >= 11 is 1.76. The van der Waals surface area contributed by atoms with Gasteiger partial charge in [0.1, 0.15) is 11.7 Å². The van der Waals surface area contributed by atoms with Gasteiger partial charge in [-0.15, -0.1) is 11.3 Å². The number of hydrogen-bond acceptors (Lipinski definition) is 4. The van der Waals surface area contributed by atoms with Crippen LogP contribution in [0.25, 0.3) is 6.08 Å². The lowest BCUT2D eigenvalue weighted by Gasteiger charge is -2.37. The quantitative estimate of drug-likeness (QED) is 0.863. The molecule has 1 aromatic rings. The van der Waals surface area contributed by atoms with Crippen molar-refractivity contribution in [3.63, 3.8) is 0 Å². The monoisotopic (exact) mass is 345 g/mol. The van der Waals surface area contributed by atoms with E-state index < -0.39 is 6.09 Å². The molecule has 2 heterocycles. The molecule has 0 saturated carbocycles. The molecule has 0 spiro atoms. The summed E-state index contributed by atoms with van der Waals surface area (Å²) in [6.45, 7) is 9.26. The molecule has 128 valence electrons. The van der Waals surface area contributed by atoms with Crippen molar-refractivity contribution in [2.45, 2.75) is 51.4 Å². The Labute approximate surface area is 146 Å². The van der Waals surface area contributed by atoms with E-state index in [9.17, 15) is 4.79 Å². The summed E-state index contributed by atoms with van der Waals surface area (Å²) in [5.41, 5.74) is 2.29. The highest BCUT2D eigenvalue weighted by molar-refractivity contribution is 7.12. The normalized spacial score (nSPS) is 21.7. The van der Waals surface area contributed by atoms with E-state index in [-0.39, 0.29) is 17.5 Å². The largest absolute Gasteiger partial charge is 0.465 e. The lowest BCUT2D eigenvalue weighted by atomic mass is 9.69. The first-order chi connectivity index (χ1) is 11.2. The van der Waals surface area contributed by atoms with Gasteiger partial charge in [0.05, 0.1) is 11.4 Å². The van der Waals surface area contributed by atoms with Crippen LogP contribution in [0.2, 0.25) is 0 Å². The molecule has 2 aliphatic rings. The topological polar surface area (TPSA) is 65.8 Å². The lowest BCUT2D eigenvalue weighted by Crippen LogP contribution is -2.32. The third-order valence-electron chi connectivity index (χ3n) is 4.75. The second-order valence-corrected chi connectivity index (χ2v) is 8.65. The van der Waals surface area contributed by atoms with Gasteiger partial charge in [-0.2, -0.15) is 0 Å². The minimum Gasteiger partial charge on any atom is -0.465 e. The number of amides is 1. The first kappa shape index (κ1) is 16.9. The summed E-state index contributed by atoms with van der Waals surface area (Å²) in [5, 5.41) is 9.89. The van der Waals surface area contributed by atoms with Crippen LogP contribution in [0.3, 0.4) is 0 Å². The van der Waals surface area contributed by atoms with E-state index in [4.69, 9.17) is 10.1 Å².